The number of hydrogen-bond acceptors (Lipinski definition) is 1. The van der Waals surface area contributed by atoms with Gasteiger partial charge in [0.25, 0.3) is 0 Å². The van der Waals surface area contributed by atoms with Crippen LogP contribution in [0, 0.1) is 17.8 Å². The molecule has 2 nitrogen and oxygen atoms in total. The second-order valence-corrected chi connectivity index (χ2v) is 5.05. The van der Waals surface area contributed by atoms with Gasteiger partial charge in [0.05, 0.1) is 5.84 Å². The van der Waals surface area contributed by atoms with Crippen LogP contribution in [0.15, 0.2) is 4.99 Å². The maximum absolute atomic E-state index is 4.60. The van der Waals surface area contributed by atoms with Crippen LogP contribution >= 0.6 is 0 Å². The fraction of sp³-hybridized carbons (Fsp3) is 0.917. The zero-order valence-corrected chi connectivity index (χ0v) is 10.6. The maximum atomic E-state index is 4.60. The molecule has 0 unspecified atom stereocenters. The van der Waals surface area contributed by atoms with Crippen LogP contribution in [0.3, 0.4) is 0 Å². The maximum Gasteiger partial charge on any atom is 0.0989 e. The smallest absolute Gasteiger partial charge is 0.0989 e. The lowest BCUT2D eigenvalue weighted by Crippen LogP contribution is -2.31. The predicted molar refractivity (Wildman–Crippen MR) is 64.8 cm³/mol. The summed E-state index contributed by atoms with van der Waals surface area (Å²) < 4.78 is 0. The molecule has 0 radical (unpaired) electrons. The minimum absolute atomic E-state index is 0.507. The van der Waals surface area contributed by atoms with Crippen molar-refractivity contribution in [1.29, 1.82) is 0 Å². The number of nitrogens with zero attached hydrogens (tertiary/aromatic N) is 1. The molecule has 84 valence electrons. The van der Waals surface area contributed by atoms with Gasteiger partial charge in [0.2, 0.25) is 0 Å². The molecule has 0 bridgehead atoms. The topological polar surface area (TPSA) is 24.4 Å². The van der Waals surface area contributed by atoms with Gasteiger partial charge >= 0.3 is 0 Å². The summed E-state index contributed by atoms with van der Waals surface area (Å²) >= 11 is 0. The molecule has 0 rings (SSSR count). The standard InChI is InChI=1S/C12H26N2/c1-9(2)7-13-12(11(5)6)14-8-10(3)4/h9-11H,7-8H2,1-6H3,(H,13,14). The molecule has 0 saturated carbocycles. The Morgan fingerprint density at radius 1 is 1.00 bits per heavy atom. The molecule has 0 saturated heterocycles. The second-order valence-electron chi connectivity index (χ2n) is 5.05. The highest BCUT2D eigenvalue weighted by molar-refractivity contribution is 5.83. The van der Waals surface area contributed by atoms with Gasteiger partial charge in [-0.2, -0.15) is 0 Å². The van der Waals surface area contributed by atoms with E-state index in [1.807, 2.05) is 0 Å². The van der Waals surface area contributed by atoms with E-state index in [0.29, 0.717) is 17.8 Å². The molecule has 1 N–H and O–H groups in total. The summed E-state index contributed by atoms with van der Waals surface area (Å²) in [6.45, 7) is 15.2. The molecule has 0 spiro atoms. The van der Waals surface area contributed by atoms with E-state index < -0.39 is 0 Å². The monoisotopic (exact) mass is 198 g/mol. The van der Waals surface area contributed by atoms with E-state index in [4.69, 9.17) is 0 Å². The summed E-state index contributed by atoms with van der Waals surface area (Å²) in [5.74, 6) is 2.99. The molecule has 14 heavy (non-hydrogen) atoms. The third-order valence-electron chi connectivity index (χ3n) is 1.87. The summed E-state index contributed by atoms with van der Waals surface area (Å²) in [5.41, 5.74) is 0. The van der Waals surface area contributed by atoms with Crippen LogP contribution in [0.25, 0.3) is 0 Å². The summed E-state index contributed by atoms with van der Waals surface area (Å²) in [4.78, 5) is 4.60. The van der Waals surface area contributed by atoms with Crippen molar-refractivity contribution >= 4 is 5.84 Å². The Hall–Kier alpha value is -0.530. The first-order valence-corrected chi connectivity index (χ1v) is 5.71. The Morgan fingerprint density at radius 3 is 1.93 bits per heavy atom. The van der Waals surface area contributed by atoms with Crippen LogP contribution in [0.1, 0.15) is 41.5 Å². The van der Waals surface area contributed by atoms with Crippen molar-refractivity contribution in [3.8, 4) is 0 Å². The highest BCUT2D eigenvalue weighted by atomic mass is 15.0. The Kier molecular flexibility index (Phi) is 6.60. The van der Waals surface area contributed by atoms with Gasteiger partial charge in [-0.25, -0.2) is 0 Å². The molecular formula is C12H26N2. The van der Waals surface area contributed by atoms with Crippen LogP contribution in [0.5, 0.6) is 0 Å². The van der Waals surface area contributed by atoms with Crippen molar-refractivity contribution in [2.75, 3.05) is 13.1 Å². The van der Waals surface area contributed by atoms with Crippen LogP contribution in [-0.2, 0) is 0 Å². The number of hydrogen-bond donors (Lipinski definition) is 1. The molecule has 2 heteroatoms. The third kappa shape index (κ3) is 6.93. The van der Waals surface area contributed by atoms with E-state index in [9.17, 15) is 0 Å². The lowest BCUT2D eigenvalue weighted by Gasteiger charge is -2.15. The van der Waals surface area contributed by atoms with E-state index in [0.717, 1.165) is 18.9 Å². The average molecular weight is 198 g/mol. The molecule has 0 aliphatic carbocycles. The second kappa shape index (κ2) is 6.86. The number of nitrogens with one attached hydrogen (secondary N) is 1. The summed E-state index contributed by atoms with van der Waals surface area (Å²) in [6.07, 6.45) is 0. The van der Waals surface area contributed by atoms with Crippen LogP contribution in [0.2, 0.25) is 0 Å². The van der Waals surface area contributed by atoms with Crippen molar-refractivity contribution < 1.29 is 0 Å². The van der Waals surface area contributed by atoms with Crippen LogP contribution in [-0.4, -0.2) is 18.9 Å². The van der Waals surface area contributed by atoms with Gasteiger partial charge in [-0.3, -0.25) is 4.99 Å². The van der Waals surface area contributed by atoms with Crippen LogP contribution < -0.4 is 5.32 Å². The number of amidine groups is 1. The Labute approximate surface area is 89.2 Å². The zero-order valence-electron chi connectivity index (χ0n) is 10.6. The predicted octanol–water partition coefficient (Wildman–Crippen LogP) is 2.94. The Bertz CT molecular complexity index is 169. The van der Waals surface area contributed by atoms with Gasteiger partial charge in [-0.15, -0.1) is 0 Å². The molecule has 0 aromatic carbocycles. The molecule has 0 amide bonds. The minimum Gasteiger partial charge on any atom is -0.373 e. The van der Waals surface area contributed by atoms with E-state index in [1.165, 1.54) is 0 Å². The van der Waals surface area contributed by atoms with Crippen LogP contribution in [0.4, 0.5) is 0 Å². The van der Waals surface area contributed by atoms with Crippen molar-refractivity contribution in [2.24, 2.45) is 22.7 Å². The Morgan fingerprint density at radius 2 is 1.57 bits per heavy atom. The summed E-state index contributed by atoms with van der Waals surface area (Å²) in [6, 6.07) is 0. The summed E-state index contributed by atoms with van der Waals surface area (Å²) in [5, 5.41) is 3.42. The summed E-state index contributed by atoms with van der Waals surface area (Å²) in [7, 11) is 0. The molecule has 0 fully saturated rings. The molecule has 0 aliphatic rings. The van der Waals surface area contributed by atoms with E-state index in [-0.39, 0.29) is 0 Å². The first-order chi connectivity index (χ1) is 6.43. The molecular weight excluding hydrogens is 172 g/mol. The quantitative estimate of drug-likeness (QED) is 0.533. The first kappa shape index (κ1) is 13.5. The lowest BCUT2D eigenvalue weighted by molar-refractivity contribution is 0.603. The first-order valence-electron chi connectivity index (χ1n) is 5.71. The van der Waals surface area contributed by atoms with Crippen molar-refractivity contribution in [3.05, 3.63) is 0 Å². The highest BCUT2D eigenvalue weighted by Crippen LogP contribution is 1.99. The van der Waals surface area contributed by atoms with Crippen molar-refractivity contribution in [1.82, 2.24) is 5.32 Å². The molecule has 0 aromatic heterocycles. The van der Waals surface area contributed by atoms with E-state index in [2.05, 4.69) is 51.9 Å². The third-order valence-corrected chi connectivity index (χ3v) is 1.87. The molecule has 0 atom stereocenters. The van der Waals surface area contributed by atoms with Gasteiger partial charge in [0.1, 0.15) is 0 Å². The van der Waals surface area contributed by atoms with Gasteiger partial charge in [0, 0.05) is 19.0 Å². The van der Waals surface area contributed by atoms with Gasteiger partial charge in [-0.1, -0.05) is 41.5 Å². The van der Waals surface area contributed by atoms with Gasteiger partial charge in [-0.05, 0) is 11.8 Å². The normalized spacial score (nSPS) is 13.1. The molecule has 0 heterocycles. The van der Waals surface area contributed by atoms with E-state index >= 15 is 0 Å². The average Bonchev–Trinajstić information content (AvgIpc) is 2.02. The number of rotatable bonds is 5. The minimum atomic E-state index is 0.507. The van der Waals surface area contributed by atoms with Crippen molar-refractivity contribution in [3.63, 3.8) is 0 Å². The largest absolute Gasteiger partial charge is 0.373 e. The molecule has 0 aromatic rings. The fourth-order valence-corrected chi connectivity index (χ4v) is 1.03. The lowest BCUT2D eigenvalue weighted by atomic mass is 10.1. The number of aliphatic imine (C=N–C) groups is 1. The fourth-order valence-electron chi connectivity index (χ4n) is 1.03. The molecule has 0 aliphatic heterocycles. The zero-order chi connectivity index (χ0) is 11.1. The van der Waals surface area contributed by atoms with Crippen molar-refractivity contribution in [2.45, 2.75) is 41.5 Å². The highest BCUT2D eigenvalue weighted by Gasteiger charge is 2.05. The van der Waals surface area contributed by atoms with Gasteiger partial charge in [0.15, 0.2) is 0 Å². The SMILES string of the molecule is CC(C)CN=C(NCC(C)C)C(C)C. The van der Waals surface area contributed by atoms with E-state index in [1.54, 1.807) is 0 Å². The Balaban J connectivity index is 4.08. The van der Waals surface area contributed by atoms with Gasteiger partial charge < -0.3 is 5.32 Å².